The first-order valence-electron chi connectivity index (χ1n) is 8.97. The molecule has 0 amide bonds. The molecule has 0 radical (unpaired) electrons. The van der Waals surface area contributed by atoms with E-state index in [2.05, 4.69) is 0 Å². The molecule has 0 atom stereocenters. The van der Waals surface area contributed by atoms with Gasteiger partial charge in [-0.15, -0.1) is 0 Å². The van der Waals surface area contributed by atoms with E-state index in [9.17, 15) is 9.59 Å². The Morgan fingerprint density at radius 2 is 1.41 bits per heavy atom. The van der Waals surface area contributed by atoms with Gasteiger partial charge in [-0.25, -0.2) is 0 Å². The highest BCUT2D eigenvalue weighted by molar-refractivity contribution is 6.33. The number of ether oxygens (including phenoxy) is 3. The van der Waals surface area contributed by atoms with Crippen LogP contribution in [0.1, 0.15) is 32.0 Å². The first kappa shape index (κ1) is 17.3. The maximum atomic E-state index is 13.4. The van der Waals surface area contributed by atoms with E-state index in [0.29, 0.717) is 33.6 Å². The van der Waals surface area contributed by atoms with Crippen LogP contribution in [0.15, 0.2) is 46.9 Å². The summed E-state index contributed by atoms with van der Waals surface area (Å²) in [5.74, 6) is 0.819. The molecule has 0 saturated heterocycles. The smallest absolute Gasteiger partial charge is 0.229 e. The summed E-state index contributed by atoms with van der Waals surface area (Å²) >= 11 is 0. The molecule has 4 aromatic rings. The molecule has 0 saturated carbocycles. The summed E-state index contributed by atoms with van der Waals surface area (Å²) in [4.78, 5) is 26.6. The standard InChI is InChI=1S/C23H16O6/c1-26-14-8-5-7-12-17(14)21(25)19-13-10-16(28-3)11-6-4-9-15(27-2)18(11)22(13)29-23(19)20(12)24/h4-10H,1-3H3. The lowest BCUT2D eigenvalue weighted by atomic mass is 9.86. The second-order valence-corrected chi connectivity index (χ2v) is 6.69. The molecule has 0 N–H and O–H groups in total. The van der Waals surface area contributed by atoms with Crippen LogP contribution in [0, 0.1) is 0 Å². The Balaban J connectivity index is 1.94. The number of ketones is 2. The van der Waals surface area contributed by atoms with Crippen molar-refractivity contribution in [2.45, 2.75) is 0 Å². The van der Waals surface area contributed by atoms with Crippen molar-refractivity contribution in [3.8, 4) is 17.2 Å². The van der Waals surface area contributed by atoms with Gasteiger partial charge in [-0.2, -0.15) is 0 Å². The summed E-state index contributed by atoms with van der Waals surface area (Å²) < 4.78 is 22.4. The molecular formula is C23H16O6. The first-order chi connectivity index (χ1) is 14.1. The summed E-state index contributed by atoms with van der Waals surface area (Å²) in [7, 11) is 4.58. The van der Waals surface area contributed by atoms with Crippen molar-refractivity contribution in [1.29, 1.82) is 0 Å². The van der Waals surface area contributed by atoms with E-state index in [1.165, 1.54) is 7.11 Å². The minimum atomic E-state index is -0.355. The zero-order valence-corrected chi connectivity index (χ0v) is 16.0. The highest BCUT2D eigenvalue weighted by Crippen LogP contribution is 2.45. The molecule has 0 bridgehead atoms. The second kappa shape index (κ2) is 6.10. The molecule has 1 heterocycles. The third-order valence-electron chi connectivity index (χ3n) is 5.33. The number of hydrogen-bond donors (Lipinski definition) is 0. The lowest BCUT2D eigenvalue weighted by molar-refractivity contribution is 0.0960. The lowest BCUT2D eigenvalue weighted by Crippen LogP contribution is -2.20. The molecule has 0 spiro atoms. The van der Waals surface area contributed by atoms with Gasteiger partial charge < -0.3 is 18.6 Å². The molecular weight excluding hydrogens is 372 g/mol. The topological polar surface area (TPSA) is 75.0 Å². The van der Waals surface area contributed by atoms with E-state index >= 15 is 0 Å². The largest absolute Gasteiger partial charge is 0.496 e. The Bertz CT molecular complexity index is 1340. The van der Waals surface area contributed by atoms with Crippen molar-refractivity contribution in [3.05, 3.63) is 64.9 Å². The Labute approximate surface area is 165 Å². The van der Waals surface area contributed by atoms with Gasteiger partial charge in [0.1, 0.15) is 22.8 Å². The van der Waals surface area contributed by atoms with E-state index in [0.717, 1.165) is 5.39 Å². The molecule has 6 nitrogen and oxygen atoms in total. The average Bonchev–Trinajstić information content (AvgIpc) is 3.15. The molecule has 144 valence electrons. The Morgan fingerprint density at radius 1 is 0.724 bits per heavy atom. The van der Waals surface area contributed by atoms with E-state index < -0.39 is 0 Å². The van der Waals surface area contributed by atoms with E-state index in [4.69, 9.17) is 18.6 Å². The molecule has 29 heavy (non-hydrogen) atoms. The van der Waals surface area contributed by atoms with Crippen LogP contribution in [0.4, 0.5) is 0 Å². The fraction of sp³-hybridized carbons (Fsp3) is 0.130. The van der Waals surface area contributed by atoms with Crippen LogP contribution >= 0.6 is 0 Å². The van der Waals surface area contributed by atoms with Gasteiger partial charge in [-0.05, 0) is 24.3 Å². The average molecular weight is 388 g/mol. The Morgan fingerprint density at radius 3 is 2.14 bits per heavy atom. The molecule has 1 aliphatic rings. The quantitative estimate of drug-likeness (QED) is 0.456. The van der Waals surface area contributed by atoms with Gasteiger partial charge in [0.25, 0.3) is 0 Å². The van der Waals surface area contributed by atoms with Crippen molar-refractivity contribution < 1.29 is 28.2 Å². The second-order valence-electron chi connectivity index (χ2n) is 6.69. The molecule has 0 fully saturated rings. The number of fused-ring (bicyclic) bond motifs is 6. The number of carbonyl (C=O) groups excluding carboxylic acids is 2. The molecule has 3 aromatic carbocycles. The van der Waals surface area contributed by atoms with Gasteiger partial charge in [0.05, 0.1) is 37.8 Å². The summed E-state index contributed by atoms with van der Waals surface area (Å²) in [6, 6.07) is 12.2. The number of methoxy groups -OCH3 is 3. The van der Waals surface area contributed by atoms with Crippen molar-refractivity contribution in [3.63, 3.8) is 0 Å². The van der Waals surface area contributed by atoms with Gasteiger partial charge in [-0.1, -0.05) is 18.2 Å². The number of carbonyl (C=O) groups is 2. The Kier molecular flexibility index (Phi) is 3.64. The van der Waals surface area contributed by atoms with E-state index in [1.54, 1.807) is 44.6 Å². The highest BCUT2D eigenvalue weighted by Gasteiger charge is 2.38. The van der Waals surface area contributed by atoms with Crippen LogP contribution in [0.3, 0.4) is 0 Å². The maximum absolute atomic E-state index is 13.4. The third-order valence-corrected chi connectivity index (χ3v) is 5.33. The Hall–Kier alpha value is -3.80. The maximum Gasteiger partial charge on any atom is 0.229 e. The number of benzene rings is 3. The number of hydrogen-bond acceptors (Lipinski definition) is 6. The lowest BCUT2D eigenvalue weighted by Gasteiger charge is -2.16. The van der Waals surface area contributed by atoms with Gasteiger partial charge in [0.2, 0.25) is 11.6 Å². The van der Waals surface area contributed by atoms with E-state index in [-0.39, 0.29) is 34.0 Å². The van der Waals surface area contributed by atoms with Gasteiger partial charge in [-0.3, -0.25) is 9.59 Å². The summed E-state index contributed by atoms with van der Waals surface area (Å²) in [6.45, 7) is 0. The zero-order chi connectivity index (χ0) is 20.3. The summed E-state index contributed by atoms with van der Waals surface area (Å²) in [6.07, 6.45) is 0. The van der Waals surface area contributed by atoms with Crippen LogP contribution < -0.4 is 14.2 Å². The van der Waals surface area contributed by atoms with Crippen LogP contribution in [-0.4, -0.2) is 32.9 Å². The molecule has 0 unspecified atom stereocenters. The fourth-order valence-electron chi connectivity index (χ4n) is 4.04. The number of rotatable bonds is 3. The van der Waals surface area contributed by atoms with Crippen LogP contribution in [0.5, 0.6) is 17.2 Å². The predicted molar refractivity (Wildman–Crippen MR) is 107 cm³/mol. The molecule has 6 heteroatoms. The van der Waals surface area contributed by atoms with Crippen molar-refractivity contribution >= 4 is 33.3 Å². The predicted octanol–water partition coefficient (Wildman–Crippen LogP) is 4.39. The van der Waals surface area contributed by atoms with Crippen molar-refractivity contribution in [1.82, 2.24) is 0 Å². The first-order valence-corrected chi connectivity index (χ1v) is 8.97. The fourth-order valence-corrected chi connectivity index (χ4v) is 4.04. The minimum absolute atomic E-state index is 0.0196. The van der Waals surface area contributed by atoms with Crippen LogP contribution in [0.2, 0.25) is 0 Å². The normalized spacial score (nSPS) is 12.8. The summed E-state index contributed by atoms with van der Waals surface area (Å²) in [5.41, 5.74) is 1.14. The van der Waals surface area contributed by atoms with Gasteiger partial charge in [0.15, 0.2) is 5.76 Å². The molecule has 0 aliphatic heterocycles. The summed E-state index contributed by atoms with van der Waals surface area (Å²) in [5, 5.41) is 1.92. The SMILES string of the molecule is COc1cccc2c1C(=O)c1c(oc3c1cc(OC)c1cccc(OC)c13)C2=O. The monoisotopic (exact) mass is 388 g/mol. The molecule has 1 aliphatic carbocycles. The minimum Gasteiger partial charge on any atom is -0.496 e. The van der Waals surface area contributed by atoms with Crippen molar-refractivity contribution in [2.75, 3.05) is 21.3 Å². The molecule has 5 rings (SSSR count). The van der Waals surface area contributed by atoms with Gasteiger partial charge >= 0.3 is 0 Å². The molecule has 1 aromatic heterocycles. The van der Waals surface area contributed by atoms with Crippen molar-refractivity contribution in [2.24, 2.45) is 0 Å². The third kappa shape index (κ3) is 2.17. The number of furan rings is 1. The van der Waals surface area contributed by atoms with Crippen LogP contribution in [-0.2, 0) is 0 Å². The zero-order valence-electron chi connectivity index (χ0n) is 16.0. The van der Waals surface area contributed by atoms with Gasteiger partial charge in [0, 0.05) is 16.3 Å². The van der Waals surface area contributed by atoms with E-state index in [1.807, 2.05) is 12.1 Å². The van der Waals surface area contributed by atoms with Crippen LogP contribution in [0.25, 0.3) is 21.7 Å². The highest BCUT2D eigenvalue weighted by atomic mass is 16.5.